The summed E-state index contributed by atoms with van der Waals surface area (Å²) in [6.07, 6.45) is 5.76. The molecule has 0 aliphatic heterocycles. The molecule has 0 saturated carbocycles. The highest BCUT2D eigenvalue weighted by Crippen LogP contribution is 2.11. The second-order valence-corrected chi connectivity index (χ2v) is 5.67. The molecular formula is C18H24N2O2. The Morgan fingerprint density at radius 2 is 1.86 bits per heavy atom. The fourth-order valence-corrected chi connectivity index (χ4v) is 2.58. The van der Waals surface area contributed by atoms with E-state index in [9.17, 15) is 9.59 Å². The van der Waals surface area contributed by atoms with Crippen molar-refractivity contribution in [3.8, 4) is 0 Å². The Bertz CT molecular complexity index is 704. The van der Waals surface area contributed by atoms with Crippen molar-refractivity contribution in [2.75, 3.05) is 6.54 Å². The monoisotopic (exact) mass is 300 g/mol. The van der Waals surface area contributed by atoms with Crippen molar-refractivity contribution in [2.45, 2.75) is 46.0 Å². The van der Waals surface area contributed by atoms with Gasteiger partial charge in [0.1, 0.15) is 5.69 Å². The van der Waals surface area contributed by atoms with Crippen LogP contribution in [0.25, 0.3) is 10.9 Å². The Morgan fingerprint density at radius 1 is 1.14 bits per heavy atom. The van der Waals surface area contributed by atoms with Crippen molar-refractivity contribution >= 4 is 16.8 Å². The molecule has 0 aliphatic carbocycles. The number of H-pyrrole nitrogens is 1. The molecule has 118 valence electrons. The summed E-state index contributed by atoms with van der Waals surface area (Å²) in [5, 5.41) is 3.52. The Balaban J connectivity index is 2.05. The van der Waals surface area contributed by atoms with Gasteiger partial charge in [-0.3, -0.25) is 9.59 Å². The number of fused-ring (bicyclic) bond motifs is 1. The van der Waals surface area contributed by atoms with Crippen LogP contribution in [0.5, 0.6) is 0 Å². The maximum absolute atomic E-state index is 12.3. The quantitative estimate of drug-likeness (QED) is 0.768. The van der Waals surface area contributed by atoms with Crippen molar-refractivity contribution in [3.05, 3.63) is 45.7 Å². The van der Waals surface area contributed by atoms with E-state index in [0.29, 0.717) is 28.7 Å². The largest absolute Gasteiger partial charge is 0.351 e. The maximum Gasteiger partial charge on any atom is 0.268 e. The van der Waals surface area contributed by atoms with Gasteiger partial charge in [-0.25, -0.2) is 0 Å². The highest BCUT2D eigenvalue weighted by molar-refractivity contribution is 5.96. The number of hydrogen-bond acceptors (Lipinski definition) is 2. The summed E-state index contributed by atoms with van der Waals surface area (Å²) in [7, 11) is 0. The molecule has 4 nitrogen and oxygen atoms in total. The summed E-state index contributed by atoms with van der Waals surface area (Å²) < 4.78 is 0. The number of unbranched alkanes of at least 4 members (excludes halogenated alkanes) is 4. The normalized spacial score (nSPS) is 10.8. The topological polar surface area (TPSA) is 62.0 Å². The molecule has 2 N–H and O–H groups in total. The predicted octanol–water partition coefficient (Wildman–Crippen LogP) is 3.54. The number of carbonyl (C=O) groups excluding carboxylic acids is 1. The van der Waals surface area contributed by atoms with Gasteiger partial charge in [0, 0.05) is 23.0 Å². The molecular weight excluding hydrogens is 276 g/mol. The lowest BCUT2D eigenvalue weighted by molar-refractivity contribution is 0.0947. The van der Waals surface area contributed by atoms with Gasteiger partial charge in [-0.1, -0.05) is 44.7 Å². The molecule has 1 heterocycles. The molecule has 1 aromatic heterocycles. The maximum atomic E-state index is 12.3. The lowest BCUT2D eigenvalue weighted by Crippen LogP contribution is -2.28. The number of para-hydroxylation sites is 1. The van der Waals surface area contributed by atoms with Gasteiger partial charge >= 0.3 is 0 Å². The number of nitrogens with one attached hydrogen (secondary N) is 2. The first-order chi connectivity index (χ1) is 10.6. The molecule has 0 spiro atoms. The Labute approximate surface area is 130 Å². The van der Waals surface area contributed by atoms with Crippen LogP contribution < -0.4 is 10.7 Å². The van der Waals surface area contributed by atoms with Crippen LogP contribution in [0.1, 0.15) is 55.1 Å². The molecule has 0 atom stereocenters. The van der Waals surface area contributed by atoms with Gasteiger partial charge in [0.25, 0.3) is 5.91 Å². The van der Waals surface area contributed by atoms with Crippen molar-refractivity contribution in [1.82, 2.24) is 10.3 Å². The van der Waals surface area contributed by atoms with Crippen LogP contribution in [0.2, 0.25) is 0 Å². The summed E-state index contributed by atoms with van der Waals surface area (Å²) in [5.74, 6) is -0.198. The van der Waals surface area contributed by atoms with Gasteiger partial charge < -0.3 is 10.3 Å². The standard InChI is InChI=1S/C18H24N2O2/c1-3-4-5-6-9-12-19-18(22)16-13(2)17(21)14-10-7-8-11-15(14)20-16/h7-8,10-11H,3-6,9,12H2,1-2H3,(H,19,22)(H,20,21). The molecule has 0 bridgehead atoms. The molecule has 2 aromatic rings. The van der Waals surface area contributed by atoms with E-state index in [1.54, 1.807) is 13.0 Å². The summed E-state index contributed by atoms with van der Waals surface area (Å²) >= 11 is 0. The fraction of sp³-hybridized carbons (Fsp3) is 0.444. The number of rotatable bonds is 7. The smallest absolute Gasteiger partial charge is 0.268 e. The van der Waals surface area contributed by atoms with Crippen LogP contribution in [-0.4, -0.2) is 17.4 Å². The highest BCUT2D eigenvalue weighted by Gasteiger charge is 2.14. The van der Waals surface area contributed by atoms with Crippen LogP contribution in [0.3, 0.4) is 0 Å². The van der Waals surface area contributed by atoms with Crippen molar-refractivity contribution in [2.24, 2.45) is 0 Å². The molecule has 1 amide bonds. The van der Waals surface area contributed by atoms with Crippen molar-refractivity contribution in [1.29, 1.82) is 0 Å². The summed E-state index contributed by atoms with van der Waals surface area (Å²) in [5.41, 5.74) is 1.47. The SMILES string of the molecule is CCCCCCCNC(=O)c1[nH]c2ccccc2c(=O)c1C. The summed E-state index contributed by atoms with van der Waals surface area (Å²) in [6, 6.07) is 7.27. The van der Waals surface area contributed by atoms with Gasteiger partial charge in [0.2, 0.25) is 0 Å². The average Bonchev–Trinajstić information content (AvgIpc) is 2.54. The Kier molecular flexibility index (Phi) is 5.75. The van der Waals surface area contributed by atoms with Crippen LogP contribution in [0.4, 0.5) is 0 Å². The zero-order valence-electron chi connectivity index (χ0n) is 13.4. The third-order valence-corrected chi connectivity index (χ3v) is 3.94. The van der Waals surface area contributed by atoms with Gasteiger partial charge in [-0.15, -0.1) is 0 Å². The Hall–Kier alpha value is -2.10. The number of benzene rings is 1. The van der Waals surface area contributed by atoms with Gasteiger partial charge in [0.15, 0.2) is 5.43 Å². The molecule has 0 radical (unpaired) electrons. The molecule has 4 heteroatoms. The zero-order valence-corrected chi connectivity index (χ0v) is 13.4. The van der Waals surface area contributed by atoms with Gasteiger partial charge in [0.05, 0.1) is 0 Å². The minimum Gasteiger partial charge on any atom is -0.351 e. The third kappa shape index (κ3) is 3.75. The lowest BCUT2D eigenvalue weighted by atomic mass is 10.1. The van der Waals surface area contributed by atoms with E-state index in [-0.39, 0.29) is 11.3 Å². The van der Waals surface area contributed by atoms with E-state index >= 15 is 0 Å². The van der Waals surface area contributed by atoms with Gasteiger partial charge in [-0.2, -0.15) is 0 Å². The first kappa shape index (κ1) is 16.3. The van der Waals surface area contributed by atoms with Gasteiger partial charge in [-0.05, 0) is 25.5 Å². The molecule has 1 aromatic carbocycles. The molecule has 2 rings (SSSR count). The van der Waals surface area contributed by atoms with Crippen LogP contribution in [-0.2, 0) is 0 Å². The van der Waals surface area contributed by atoms with Crippen LogP contribution in [0.15, 0.2) is 29.1 Å². The molecule has 0 aliphatic rings. The van der Waals surface area contributed by atoms with E-state index in [1.165, 1.54) is 19.3 Å². The minimum atomic E-state index is -0.198. The first-order valence-corrected chi connectivity index (χ1v) is 8.05. The number of aromatic amines is 1. The summed E-state index contributed by atoms with van der Waals surface area (Å²) in [6.45, 7) is 4.53. The minimum absolute atomic E-state index is 0.0811. The number of carbonyl (C=O) groups is 1. The lowest BCUT2D eigenvalue weighted by Gasteiger charge is -2.09. The van der Waals surface area contributed by atoms with Crippen LogP contribution >= 0.6 is 0 Å². The fourth-order valence-electron chi connectivity index (χ4n) is 2.58. The highest BCUT2D eigenvalue weighted by atomic mass is 16.2. The number of amides is 1. The number of hydrogen-bond donors (Lipinski definition) is 2. The van der Waals surface area contributed by atoms with E-state index in [4.69, 9.17) is 0 Å². The van der Waals surface area contributed by atoms with Crippen molar-refractivity contribution < 1.29 is 4.79 Å². The molecule has 0 saturated heterocycles. The van der Waals surface area contributed by atoms with E-state index in [2.05, 4.69) is 17.2 Å². The molecule has 0 unspecified atom stereocenters. The second-order valence-electron chi connectivity index (χ2n) is 5.67. The van der Waals surface area contributed by atoms with E-state index < -0.39 is 0 Å². The van der Waals surface area contributed by atoms with Crippen molar-refractivity contribution in [3.63, 3.8) is 0 Å². The summed E-state index contributed by atoms with van der Waals surface area (Å²) in [4.78, 5) is 27.7. The molecule has 0 fully saturated rings. The number of aromatic nitrogens is 1. The average molecular weight is 300 g/mol. The zero-order chi connectivity index (χ0) is 15.9. The second kappa shape index (κ2) is 7.78. The molecule has 22 heavy (non-hydrogen) atoms. The number of pyridine rings is 1. The van der Waals surface area contributed by atoms with Crippen LogP contribution in [0, 0.1) is 6.92 Å². The third-order valence-electron chi connectivity index (χ3n) is 3.94. The Morgan fingerprint density at radius 3 is 2.64 bits per heavy atom. The first-order valence-electron chi connectivity index (χ1n) is 8.05. The predicted molar refractivity (Wildman–Crippen MR) is 90.4 cm³/mol. The van der Waals surface area contributed by atoms with E-state index in [0.717, 1.165) is 12.8 Å². The van der Waals surface area contributed by atoms with E-state index in [1.807, 2.05) is 18.2 Å².